The van der Waals surface area contributed by atoms with Crippen molar-refractivity contribution in [2.45, 2.75) is 37.7 Å². The molecule has 0 fully saturated rings. The van der Waals surface area contributed by atoms with Crippen LogP contribution in [0.1, 0.15) is 42.7 Å². The van der Waals surface area contributed by atoms with E-state index >= 15 is 0 Å². The van der Waals surface area contributed by atoms with Crippen LogP contribution in [0.5, 0.6) is 0 Å². The Kier molecular flexibility index (Phi) is 6.89. The van der Waals surface area contributed by atoms with Gasteiger partial charge in [-0.1, -0.05) is 55.1 Å². The summed E-state index contributed by atoms with van der Waals surface area (Å²) in [6.45, 7) is 9.47. The first-order valence-corrected chi connectivity index (χ1v) is 9.59. The summed E-state index contributed by atoms with van der Waals surface area (Å²) >= 11 is 0. The summed E-state index contributed by atoms with van der Waals surface area (Å²) in [6.07, 6.45) is 0.891. The Bertz CT molecular complexity index is 754. The molecule has 1 unspecified atom stereocenters. The van der Waals surface area contributed by atoms with Crippen LogP contribution in [0.3, 0.4) is 0 Å². The van der Waals surface area contributed by atoms with Crippen LogP contribution in [0.15, 0.2) is 73.3 Å². The van der Waals surface area contributed by atoms with Gasteiger partial charge < -0.3 is 4.74 Å². The average molecular weight is 372 g/mol. The van der Waals surface area contributed by atoms with Gasteiger partial charge in [0.25, 0.3) is 0 Å². The van der Waals surface area contributed by atoms with Gasteiger partial charge in [-0.25, -0.2) is 13.7 Å². The molecule has 0 aliphatic heterocycles. The molecule has 2 rings (SSSR count). The molecule has 5 heteroatoms. The lowest BCUT2D eigenvalue weighted by atomic mass is 10.0. The smallest absolute Gasteiger partial charge is 0.338 e. The van der Waals surface area contributed by atoms with Crippen molar-refractivity contribution in [1.82, 2.24) is 4.72 Å². The van der Waals surface area contributed by atoms with Crippen LogP contribution in [0.4, 0.5) is 0 Å². The molecule has 0 saturated carbocycles. The third kappa shape index (κ3) is 5.38. The predicted octanol–water partition coefficient (Wildman–Crippen LogP) is 4.19. The summed E-state index contributed by atoms with van der Waals surface area (Å²) in [4.78, 5) is 12.5. The maximum absolute atomic E-state index is 12.6. The van der Waals surface area contributed by atoms with Crippen molar-refractivity contribution in [3.8, 4) is 0 Å². The van der Waals surface area contributed by atoms with Gasteiger partial charge in [-0.05, 0) is 44.5 Å². The van der Waals surface area contributed by atoms with E-state index in [4.69, 9.17) is 4.74 Å². The van der Waals surface area contributed by atoms with Crippen molar-refractivity contribution in [1.29, 1.82) is 0 Å². The lowest BCUT2D eigenvalue weighted by Gasteiger charge is -2.29. The molecule has 0 saturated heterocycles. The summed E-state index contributed by atoms with van der Waals surface area (Å²) in [5, 5.41) is 0. The quantitative estimate of drug-likeness (QED) is 0.586. The predicted molar refractivity (Wildman–Crippen MR) is 106 cm³/mol. The fraction of sp³-hybridized carbons (Fsp3) is 0.286. The zero-order valence-electron chi connectivity index (χ0n) is 15.3. The molecule has 3 atom stereocenters. The van der Waals surface area contributed by atoms with Gasteiger partial charge in [-0.3, -0.25) is 0 Å². The highest BCUT2D eigenvalue weighted by molar-refractivity contribution is 7.84. The summed E-state index contributed by atoms with van der Waals surface area (Å²) in [5.74, 6) is -0.445. The van der Waals surface area contributed by atoms with Crippen molar-refractivity contribution in [3.05, 3.63) is 84.4 Å². The van der Waals surface area contributed by atoms with Gasteiger partial charge in [0, 0.05) is 0 Å². The summed E-state index contributed by atoms with van der Waals surface area (Å²) < 4.78 is 21.0. The fourth-order valence-corrected chi connectivity index (χ4v) is 3.15. The number of ether oxygens (including phenoxy) is 1. The summed E-state index contributed by atoms with van der Waals surface area (Å²) in [5.41, 5.74) is 1.33. The van der Waals surface area contributed by atoms with Gasteiger partial charge in [-0.2, -0.15) is 0 Å². The Balaban J connectivity index is 2.28. The zero-order valence-corrected chi connectivity index (χ0v) is 16.2. The number of rotatable bonds is 7. The minimum absolute atomic E-state index is 0.445. The third-order valence-electron chi connectivity index (χ3n) is 3.76. The third-order valence-corrected chi connectivity index (χ3v) is 5.34. The second-order valence-electron chi connectivity index (χ2n) is 6.86. The van der Waals surface area contributed by atoms with Crippen LogP contribution in [0, 0.1) is 0 Å². The standard InChI is InChI=1S/C21H25NO3S/c1-5-18(25-20(23)17-14-10-7-11-15-17)19(16-12-8-6-9-13-16)22-26(24)21(2,3)4/h5-15,18-19,22H,1H2,2-4H3/t18-,19+,26?/m1/s1. The molecular weight excluding hydrogens is 346 g/mol. The SMILES string of the molecule is C=C[C@@H](OC(=O)c1ccccc1)[C@@H](NS(=O)C(C)(C)C)c1ccccc1. The van der Waals surface area contributed by atoms with Crippen molar-refractivity contribution in [2.75, 3.05) is 0 Å². The van der Waals surface area contributed by atoms with Crippen LogP contribution in [-0.4, -0.2) is 21.0 Å². The number of carbonyl (C=O) groups excluding carboxylic acids is 1. The Labute approximate surface area is 157 Å². The highest BCUT2D eigenvalue weighted by atomic mass is 32.2. The number of benzene rings is 2. The Hall–Kier alpha value is -2.24. The average Bonchev–Trinajstić information content (AvgIpc) is 2.64. The monoisotopic (exact) mass is 371 g/mol. The molecule has 0 spiro atoms. The normalized spacial score (nSPS) is 14.9. The van der Waals surface area contributed by atoms with E-state index in [2.05, 4.69) is 11.3 Å². The van der Waals surface area contributed by atoms with Gasteiger partial charge in [0.05, 0.1) is 27.3 Å². The van der Waals surface area contributed by atoms with E-state index in [1.807, 2.05) is 57.2 Å². The molecule has 2 aromatic rings. The highest BCUT2D eigenvalue weighted by Crippen LogP contribution is 2.24. The lowest BCUT2D eigenvalue weighted by molar-refractivity contribution is 0.0337. The van der Waals surface area contributed by atoms with Gasteiger partial charge in [0.1, 0.15) is 6.10 Å². The van der Waals surface area contributed by atoms with E-state index in [1.165, 1.54) is 0 Å². The number of nitrogens with one attached hydrogen (secondary N) is 1. The van der Waals surface area contributed by atoms with Crippen LogP contribution in [0.25, 0.3) is 0 Å². The number of carbonyl (C=O) groups is 1. The van der Waals surface area contributed by atoms with Crippen molar-refractivity contribution >= 4 is 17.0 Å². The highest BCUT2D eigenvalue weighted by Gasteiger charge is 2.30. The summed E-state index contributed by atoms with van der Waals surface area (Å²) in [7, 11) is -1.34. The Morgan fingerprint density at radius 2 is 1.62 bits per heavy atom. The second kappa shape index (κ2) is 8.92. The first-order valence-electron chi connectivity index (χ1n) is 8.44. The van der Waals surface area contributed by atoms with Gasteiger partial charge >= 0.3 is 5.97 Å². The molecule has 0 radical (unpaired) electrons. The van der Waals surface area contributed by atoms with Gasteiger partial charge in [0.15, 0.2) is 0 Å². The Morgan fingerprint density at radius 1 is 1.08 bits per heavy atom. The molecule has 1 N–H and O–H groups in total. The van der Waals surface area contributed by atoms with Gasteiger partial charge in [-0.15, -0.1) is 0 Å². The van der Waals surface area contributed by atoms with Crippen LogP contribution < -0.4 is 4.72 Å². The number of esters is 1. The van der Waals surface area contributed by atoms with Crippen LogP contribution >= 0.6 is 0 Å². The largest absolute Gasteiger partial charge is 0.452 e. The Morgan fingerprint density at radius 3 is 2.12 bits per heavy atom. The van der Waals surface area contributed by atoms with Gasteiger partial charge in [0.2, 0.25) is 0 Å². The molecule has 0 aliphatic rings. The van der Waals surface area contributed by atoms with E-state index < -0.39 is 33.8 Å². The van der Waals surface area contributed by atoms with E-state index in [1.54, 1.807) is 30.3 Å². The van der Waals surface area contributed by atoms with E-state index in [0.717, 1.165) is 5.56 Å². The zero-order chi connectivity index (χ0) is 19.2. The molecule has 0 bridgehead atoms. The fourth-order valence-electron chi connectivity index (χ4n) is 2.30. The molecule has 2 aromatic carbocycles. The van der Waals surface area contributed by atoms with Crippen molar-refractivity contribution in [2.24, 2.45) is 0 Å². The molecule has 0 amide bonds. The molecule has 0 heterocycles. The van der Waals surface area contributed by atoms with E-state index in [0.29, 0.717) is 5.56 Å². The minimum atomic E-state index is -1.34. The number of hydrogen-bond acceptors (Lipinski definition) is 3. The first-order chi connectivity index (χ1) is 12.3. The van der Waals surface area contributed by atoms with E-state index in [-0.39, 0.29) is 0 Å². The molecule has 26 heavy (non-hydrogen) atoms. The van der Waals surface area contributed by atoms with Crippen LogP contribution in [0.2, 0.25) is 0 Å². The maximum atomic E-state index is 12.6. The lowest BCUT2D eigenvalue weighted by Crippen LogP contribution is -2.41. The molecule has 4 nitrogen and oxygen atoms in total. The maximum Gasteiger partial charge on any atom is 0.338 e. The van der Waals surface area contributed by atoms with Crippen molar-refractivity contribution in [3.63, 3.8) is 0 Å². The molecular formula is C21H25NO3S. The molecule has 138 valence electrons. The van der Waals surface area contributed by atoms with Crippen LogP contribution in [-0.2, 0) is 15.7 Å². The molecule has 0 aliphatic carbocycles. The second-order valence-corrected chi connectivity index (χ2v) is 8.86. The van der Waals surface area contributed by atoms with E-state index in [9.17, 15) is 9.00 Å². The number of hydrogen-bond donors (Lipinski definition) is 1. The molecule has 0 aromatic heterocycles. The first kappa shape index (κ1) is 20.1. The minimum Gasteiger partial charge on any atom is -0.452 e. The topological polar surface area (TPSA) is 55.4 Å². The summed E-state index contributed by atoms with van der Waals surface area (Å²) in [6, 6.07) is 17.8. The van der Waals surface area contributed by atoms with Crippen molar-refractivity contribution < 1.29 is 13.7 Å².